The topological polar surface area (TPSA) is 63.5 Å². The summed E-state index contributed by atoms with van der Waals surface area (Å²) in [4.78, 5) is 7.37. The van der Waals surface area contributed by atoms with Gasteiger partial charge in [-0.1, -0.05) is 25.0 Å². The first-order chi connectivity index (χ1) is 12.3. The van der Waals surface area contributed by atoms with Crippen LogP contribution in [0.15, 0.2) is 29.3 Å². The Morgan fingerprint density at radius 3 is 2.85 bits per heavy atom. The average Bonchev–Trinajstić information content (AvgIpc) is 3.31. The zero-order valence-corrected chi connectivity index (χ0v) is 17.9. The zero-order chi connectivity index (χ0) is 17.5. The number of nitrogens with zero attached hydrogens (tertiary/aromatic N) is 3. The van der Waals surface area contributed by atoms with Crippen molar-refractivity contribution in [3.05, 3.63) is 35.4 Å². The quantitative estimate of drug-likeness (QED) is 0.397. The molecule has 1 saturated heterocycles. The maximum absolute atomic E-state index is 9.01. The number of rotatable bonds is 5. The van der Waals surface area contributed by atoms with E-state index in [1.54, 1.807) is 0 Å². The van der Waals surface area contributed by atoms with Gasteiger partial charge in [0.1, 0.15) is 0 Å². The molecule has 1 aromatic carbocycles. The van der Waals surface area contributed by atoms with Gasteiger partial charge in [-0.15, -0.1) is 24.0 Å². The summed E-state index contributed by atoms with van der Waals surface area (Å²) in [7, 11) is 0. The van der Waals surface area contributed by atoms with Crippen LogP contribution >= 0.6 is 24.0 Å². The number of halogens is 1. The fourth-order valence-corrected chi connectivity index (χ4v) is 3.93. The van der Waals surface area contributed by atoms with Crippen molar-refractivity contribution in [3.8, 4) is 6.07 Å². The number of hydrogen-bond acceptors (Lipinski definition) is 3. The van der Waals surface area contributed by atoms with Crippen molar-refractivity contribution in [2.75, 3.05) is 19.6 Å². The van der Waals surface area contributed by atoms with Crippen molar-refractivity contribution >= 4 is 29.9 Å². The van der Waals surface area contributed by atoms with Gasteiger partial charge in [-0.05, 0) is 43.9 Å². The van der Waals surface area contributed by atoms with Crippen molar-refractivity contribution in [2.45, 2.75) is 57.7 Å². The molecule has 1 unspecified atom stereocenters. The van der Waals surface area contributed by atoms with Gasteiger partial charge in [0.05, 0.1) is 18.2 Å². The van der Waals surface area contributed by atoms with Crippen LogP contribution in [0.2, 0.25) is 0 Å². The normalized spacial score (nSPS) is 21.2. The third kappa shape index (κ3) is 5.85. The molecule has 0 radical (unpaired) electrons. The van der Waals surface area contributed by atoms with Crippen LogP contribution in [0.3, 0.4) is 0 Å². The summed E-state index contributed by atoms with van der Waals surface area (Å²) < 4.78 is 0. The number of nitrogens with one attached hydrogen (secondary N) is 2. The lowest BCUT2D eigenvalue weighted by molar-refractivity contribution is 0.242. The molecular formula is C20H30IN5. The Morgan fingerprint density at radius 1 is 1.31 bits per heavy atom. The Kier molecular flexibility index (Phi) is 8.66. The van der Waals surface area contributed by atoms with E-state index >= 15 is 0 Å². The van der Waals surface area contributed by atoms with Gasteiger partial charge in [-0.3, -0.25) is 4.90 Å². The molecule has 1 aromatic rings. The molecule has 1 saturated carbocycles. The standard InChI is InChI=1S/C20H29N5.HI/c1-2-22-20(23-14-17-7-5-6-16(12-17)13-21)24-18-10-11-25(15-18)19-8-3-4-9-19;/h5-7,12,18-19H,2-4,8-11,14-15H2,1H3,(H2,22,23,24);1H. The van der Waals surface area contributed by atoms with Crippen molar-refractivity contribution < 1.29 is 0 Å². The Hall–Kier alpha value is -1.33. The van der Waals surface area contributed by atoms with Crippen molar-refractivity contribution in [1.82, 2.24) is 15.5 Å². The van der Waals surface area contributed by atoms with Crippen molar-refractivity contribution in [1.29, 1.82) is 5.26 Å². The minimum Gasteiger partial charge on any atom is -0.357 e. The van der Waals surface area contributed by atoms with E-state index in [1.165, 1.54) is 38.6 Å². The predicted octanol–water partition coefficient (Wildman–Crippen LogP) is 3.25. The second kappa shape index (κ2) is 10.7. The van der Waals surface area contributed by atoms with Crippen LogP contribution in [0.25, 0.3) is 0 Å². The largest absolute Gasteiger partial charge is 0.357 e. The van der Waals surface area contributed by atoms with Gasteiger partial charge in [-0.2, -0.15) is 5.26 Å². The van der Waals surface area contributed by atoms with Gasteiger partial charge in [0, 0.05) is 31.7 Å². The van der Waals surface area contributed by atoms with E-state index in [-0.39, 0.29) is 24.0 Å². The molecule has 142 valence electrons. The summed E-state index contributed by atoms with van der Waals surface area (Å²) in [6.45, 7) is 5.85. The highest BCUT2D eigenvalue weighted by Gasteiger charge is 2.30. The Morgan fingerprint density at radius 2 is 2.12 bits per heavy atom. The smallest absolute Gasteiger partial charge is 0.191 e. The lowest BCUT2D eigenvalue weighted by Crippen LogP contribution is -2.45. The number of likely N-dealkylation sites (tertiary alicyclic amines) is 1. The van der Waals surface area contributed by atoms with Gasteiger partial charge < -0.3 is 10.6 Å². The Labute approximate surface area is 174 Å². The molecule has 1 atom stereocenters. The van der Waals surface area contributed by atoms with Crippen LogP contribution in [0.4, 0.5) is 0 Å². The molecule has 1 aliphatic heterocycles. The molecule has 2 aliphatic rings. The second-order valence-electron chi connectivity index (χ2n) is 7.07. The van der Waals surface area contributed by atoms with Crippen LogP contribution in [-0.2, 0) is 6.54 Å². The van der Waals surface area contributed by atoms with E-state index in [0.717, 1.165) is 30.7 Å². The first kappa shape index (κ1) is 21.0. The predicted molar refractivity (Wildman–Crippen MR) is 117 cm³/mol. The molecule has 0 spiro atoms. The minimum atomic E-state index is 0. The first-order valence-electron chi connectivity index (χ1n) is 9.56. The molecule has 3 rings (SSSR count). The maximum atomic E-state index is 9.01. The SMILES string of the molecule is CCNC(=NCc1cccc(C#N)c1)NC1CCN(C2CCCC2)C1.I. The molecule has 0 aromatic heterocycles. The lowest BCUT2D eigenvalue weighted by atomic mass is 10.1. The van der Waals surface area contributed by atoms with Crippen LogP contribution in [0.1, 0.15) is 50.2 Å². The third-order valence-corrected chi connectivity index (χ3v) is 5.22. The van der Waals surface area contributed by atoms with Gasteiger partial charge in [0.25, 0.3) is 0 Å². The van der Waals surface area contributed by atoms with E-state index < -0.39 is 0 Å². The van der Waals surface area contributed by atoms with Crippen LogP contribution < -0.4 is 10.6 Å². The fraction of sp³-hybridized carbons (Fsp3) is 0.600. The van der Waals surface area contributed by atoms with Crippen molar-refractivity contribution in [2.24, 2.45) is 4.99 Å². The number of benzene rings is 1. The molecule has 1 heterocycles. The molecule has 0 amide bonds. The third-order valence-electron chi connectivity index (χ3n) is 5.22. The van der Waals surface area contributed by atoms with Gasteiger partial charge >= 0.3 is 0 Å². The molecule has 0 bridgehead atoms. The van der Waals surface area contributed by atoms with E-state index in [9.17, 15) is 0 Å². The van der Waals surface area contributed by atoms with E-state index in [0.29, 0.717) is 18.2 Å². The average molecular weight is 467 g/mol. The molecular weight excluding hydrogens is 437 g/mol. The minimum absolute atomic E-state index is 0. The summed E-state index contributed by atoms with van der Waals surface area (Å²) in [6.07, 6.45) is 6.72. The zero-order valence-electron chi connectivity index (χ0n) is 15.6. The molecule has 6 heteroatoms. The second-order valence-corrected chi connectivity index (χ2v) is 7.07. The summed E-state index contributed by atoms with van der Waals surface area (Å²) in [5.41, 5.74) is 1.75. The summed E-state index contributed by atoms with van der Waals surface area (Å²) in [6, 6.07) is 11.1. The van der Waals surface area contributed by atoms with Gasteiger partial charge in [-0.25, -0.2) is 4.99 Å². The van der Waals surface area contributed by atoms with Crippen LogP contribution in [0, 0.1) is 11.3 Å². The number of aliphatic imine (C=N–C) groups is 1. The lowest BCUT2D eigenvalue weighted by Gasteiger charge is -2.24. The molecule has 5 nitrogen and oxygen atoms in total. The van der Waals surface area contributed by atoms with E-state index in [2.05, 4.69) is 28.5 Å². The summed E-state index contributed by atoms with van der Waals surface area (Å²) >= 11 is 0. The Bertz CT molecular complexity index is 633. The van der Waals surface area contributed by atoms with E-state index in [1.807, 2.05) is 24.3 Å². The molecule has 26 heavy (non-hydrogen) atoms. The summed E-state index contributed by atoms with van der Waals surface area (Å²) in [5.74, 6) is 0.878. The summed E-state index contributed by atoms with van der Waals surface area (Å²) in [5, 5.41) is 16.0. The fourth-order valence-electron chi connectivity index (χ4n) is 3.93. The highest BCUT2D eigenvalue weighted by molar-refractivity contribution is 14.0. The van der Waals surface area contributed by atoms with Gasteiger partial charge in [0.2, 0.25) is 0 Å². The highest BCUT2D eigenvalue weighted by atomic mass is 127. The highest BCUT2D eigenvalue weighted by Crippen LogP contribution is 2.26. The molecule has 2 N–H and O–H groups in total. The van der Waals surface area contributed by atoms with Crippen LogP contribution in [-0.4, -0.2) is 42.6 Å². The maximum Gasteiger partial charge on any atom is 0.191 e. The first-order valence-corrected chi connectivity index (χ1v) is 9.56. The molecule has 2 fully saturated rings. The number of hydrogen-bond donors (Lipinski definition) is 2. The van der Waals surface area contributed by atoms with E-state index in [4.69, 9.17) is 10.3 Å². The number of guanidine groups is 1. The van der Waals surface area contributed by atoms with Crippen LogP contribution in [0.5, 0.6) is 0 Å². The monoisotopic (exact) mass is 467 g/mol. The van der Waals surface area contributed by atoms with Crippen molar-refractivity contribution in [3.63, 3.8) is 0 Å². The number of nitriles is 1. The van der Waals surface area contributed by atoms with Gasteiger partial charge in [0.15, 0.2) is 5.96 Å². The molecule has 1 aliphatic carbocycles. The Balaban J connectivity index is 0.00000243.